The number of halogens is 1. The molecule has 0 aliphatic rings. The van der Waals surface area contributed by atoms with Gasteiger partial charge < -0.3 is 4.98 Å². The number of benzene rings is 4. The molecule has 7 aromatic rings. The first-order valence-electron chi connectivity index (χ1n) is 15.5. The van der Waals surface area contributed by atoms with E-state index in [1.165, 1.54) is 28.0 Å². The van der Waals surface area contributed by atoms with E-state index in [1.807, 2.05) is 72.9 Å². The van der Waals surface area contributed by atoms with Crippen LogP contribution in [0.1, 0.15) is 9.68 Å². The first-order valence-corrected chi connectivity index (χ1v) is 22.2. The quantitative estimate of drug-likeness (QED) is 0.130. The van der Waals surface area contributed by atoms with Crippen LogP contribution in [0.4, 0.5) is 4.39 Å². The fourth-order valence-electron chi connectivity index (χ4n) is 4.92. The van der Waals surface area contributed by atoms with Crippen molar-refractivity contribution in [2.24, 2.45) is 0 Å². The van der Waals surface area contributed by atoms with Gasteiger partial charge in [0.1, 0.15) is 5.82 Å². The fourth-order valence-corrected chi connectivity index (χ4v) is 8.30. The van der Waals surface area contributed by atoms with Crippen LogP contribution in [-0.4, -0.2) is 23.2 Å². The van der Waals surface area contributed by atoms with E-state index in [9.17, 15) is 4.39 Å². The number of aryl methyl sites for hydroxylation is 1. The molecule has 2 nitrogen and oxygen atoms in total. The van der Waals surface area contributed by atoms with Gasteiger partial charge in [-0.2, -0.15) is 11.3 Å². The van der Waals surface area contributed by atoms with E-state index in [1.54, 1.807) is 18.2 Å². The van der Waals surface area contributed by atoms with Gasteiger partial charge in [-0.15, -0.1) is 23.8 Å². The molecule has 0 saturated heterocycles. The maximum Gasteiger partial charge on any atom is 0 e. The second kappa shape index (κ2) is 13.7. The number of thiophene rings is 1. The standard InChI is InChI=1S/C24H15FNS.C14H16GeN.Ir/c1-15-14-26-22(13-20(15)16-7-3-2-4-8-16)19-11-5-9-17-18-10-6-12-21(25)24(18)27-23(17)19;1-15(2,3)13-9-10-14(16-11-13)12-7-5-4-6-8-12;/h2-10,12-14H,1H3;4-7,9-11H,1-3H3;/q2*-1;/i1D3;;. The summed E-state index contributed by atoms with van der Waals surface area (Å²) in [5, 5.41) is 1.79. The van der Waals surface area contributed by atoms with Gasteiger partial charge in [-0.25, -0.2) is 4.39 Å². The smallest absolute Gasteiger partial charge is 0 e. The third-order valence-corrected chi connectivity index (χ3v) is 12.8. The minimum Gasteiger partial charge on any atom is 0 e. The van der Waals surface area contributed by atoms with Crippen molar-refractivity contribution >= 4 is 49.2 Å². The summed E-state index contributed by atoms with van der Waals surface area (Å²) in [6.07, 6.45) is 3.46. The average Bonchev–Trinajstić information content (AvgIpc) is 3.45. The number of hydrogen-bond acceptors (Lipinski definition) is 3. The average molecular weight is 835 g/mol. The van der Waals surface area contributed by atoms with Gasteiger partial charge in [-0.3, -0.25) is 0 Å². The van der Waals surface area contributed by atoms with E-state index >= 15 is 0 Å². The van der Waals surface area contributed by atoms with Crippen molar-refractivity contribution in [2.75, 3.05) is 0 Å². The Labute approximate surface area is 283 Å². The van der Waals surface area contributed by atoms with E-state index in [0.717, 1.165) is 37.9 Å². The van der Waals surface area contributed by atoms with Crippen molar-refractivity contribution in [1.29, 1.82) is 0 Å². The van der Waals surface area contributed by atoms with Crippen LogP contribution < -0.4 is 4.40 Å². The summed E-state index contributed by atoms with van der Waals surface area (Å²) >= 11 is -0.352. The summed E-state index contributed by atoms with van der Waals surface area (Å²) in [5.74, 6) is 6.89. The summed E-state index contributed by atoms with van der Waals surface area (Å²) in [4.78, 5) is 9.00. The Morgan fingerprint density at radius 1 is 0.750 bits per heavy atom. The zero-order valence-corrected chi connectivity index (χ0v) is 29.8. The van der Waals surface area contributed by atoms with Gasteiger partial charge in [-0.1, -0.05) is 53.9 Å². The van der Waals surface area contributed by atoms with Crippen LogP contribution >= 0.6 is 11.3 Å². The molecule has 1 radical (unpaired) electrons. The van der Waals surface area contributed by atoms with Crippen LogP contribution in [0, 0.1) is 24.8 Å². The summed E-state index contributed by atoms with van der Waals surface area (Å²) in [6.45, 7) is -2.28. The third-order valence-electron chi connectivity index (χ3n) is 7.27. The van der Waals surface area contributed by atoms with Crippen molar-refractivity contribution in [3.05, 3.63) is 139 Å². The van der Waals surface area contributed by atoms with Crippen LogP contribution in [0.15, 0.2) is 116 Å². The minimum absolute atomic E-state index is 0. The molecule has 0 bridgehead atoms. The third kappa shape index (κ3) is 6.77. The van der Waals surface area contributed by atoms with Gasteiger partial charge >= 0.3 is 99.8 Å². The Kier molecular flexibility index (Phi) is 8.70. The second-order valence-electron chi connectivity index (χ2n) is 11.3. The van der Waals surface area contributed by atoms with Gasteiger partial charge in [-0.05, 0) is 45.4 Å². The zero-order valence-electron chi connectivity index (χ0n) is 27.5. The van der Waals surface area contributed by atoms with E-state index < -0.39 is 20.1 Å². The molecule has 0 aliphatic carbocycles. The normalized spacial score (nSPS) is 12.4. The van der Waals surface area contributed by atoms with Gasteiger partial charge in [0.05, 0.1) is 4.70 Å². The van der Waals surface area contributed by atoms with Crippen molar-refractivity contribution in [3.8, 4) is 33.6 Å². The Morgan fingerprint density at radius 3 is 2.23 bits per heavy atom. The molecule has 0 spiro atoms. The molecule has 6 heteroatoms. The molecule has 0 amide bonds. The topological polar surface area (TPSA) is 25.8 Å². The SMILES string of the molecule is [2H]C([2H])([2H])c1cnc(-c2[c-]ccc3c2sc2c(F)cccc23)cc1-c1ccccc1.[CH3][Ge]([CH3])([CH3])[c]1ccc(-c2[c-]cccc2)nc1.[Ir]. The van der Waals surface area contributed by atoms with Crippen LogP contribution in [0.3, 0.4) is 0 Å². The molecular formula is C38H31FGeIrN2S-2. The number of fused-ring (bicyclic) bond motifs is 3. The molecule has 0 N–H and O–H groups in total. The predicted octanol–water partition coefficient (Wildman–Crippen LogP) is 10.1. The maximum atomic E-state index is 14.4. The first kappa shape index (κ1) is 28.0. The molecule has 0 saturated carbocycles. The van der Waals surface area contributed by atoms with Crippen molar-refractivity contribution in [3.63, 3.8) is 0 Å². The molecule has 221 valence electrons. The fraction of sp³-hybridized carbons (Fsp3) is 0.105. The van der Waals surface area contributed by atoms with E-state index in [4.69, 9.17) is 4.11 Å². The molecule has 0 fully saturated rings. The molecule has 0 atom stereocenters. The zero-order chi connectivity index (χ0) is 32.5. The second-order valence-corrected chi connectivity index (χ2v) is 22.9. The van der Waals surface area contributed by atoms with Crippen LogP contribution in [0.25, 0.3) is 53.8 Å². The van der Waals surface area contributed by atoms with Gasteiger partial charge in [0, 0.05) is 30.4 Å². The molecule has 44 heavy (non-hydrogen) atoms. The first-order chi connectivity index (χ1) is 22.0. The molecule has 0 aliphatic heterocycles. The van der Waals surface area contributed by atoms with Crippen molar-refractivity contribution < 1.29 is 28.6 Å². The number of aromatic nitrogens is 2. The van der Waals surface area contributed by atoms with Crippen LogP contribution in [0.2, 0.25) is 17.3 Å². The van der Waals surface area contributed by atoms with Crippen molar-refractivity contribution in [1.82, 2.24) is 9.97 Å². The Balaban J connectivity index is 0.000000217. The Bertz CT molecular complexity index is 2130. The molecule has 3 heterocycles. The molecule has 4 aromatic carbocycles. The van der Waals surface area contributed by atoms with E-state index in [2.05, 4.69) is 51.5 Å². The summed E-state index contributed by atoms with van der Waals surface area (Å²) in [7, 11) is 0. The van der Waals surface area contributed by atoms with Gasteiger partial charge in [0.25, 0.3) is 0 Å². The molecule has 0 unspecified atom stereocenters. The van der Waals surface area contributed by atoms with Gasteiger partial charge in [0.2, 0.25) is 0 Å². The number of pyridine rings is 2. The summed E-state index contributed by atoms with van der Waals surface area (Å²) in [5.41, 5.74) is 5.04. The van der Waals surface area contributed by atoms with Gasteiger partial charge in [0.15, 0.2) is 0 Å². The largest absolute Gasteiger partial charge is 0 e. The predicted molar refractivity (Wildman–Crippen MR) is 183 cm³/mol. The summed E-state index contributed by atoms with van der Waals surface area (Å²) < 4.78 is 41.0. The number of rotatable bonds is 4. The Morgan fingerprint density at radius 2 is 1.52 bits per heavy atom. The number of hydrogen-bond donors (Lipinski definition) is 0. The minimum atomic E-state index is -2.28. The molecule has 3 aromatic heterocycles. The van der Waals surface area contributed by atoms with E-state index in [-0.39, 0.29) is 31.5 Å². The van der Waals surface area contributed by atoms with Crippen molar-refractivity contribution in [2.45, 2.75) is 24.1 Å². The Hall–Kier alpha value is -3.48. The van der Waals surface area contributed by atoms with Crippen LogP contribution in [0.5, 0.6) is 0 Å². The maximum absolute atomic E-state index is 14.4. The van der Waals surface area contributed by atoms with Crippen LogP contribution in [-0.2, 0) is 20.1 Å². The number of nitrogens with zero attached hydrogens (tertiary/aromatic N) is 2. The van der Waals surface area contributed by atoms with E-state index in [0.29, 0.717) is 16.0 Å². The monoisotopic (exact) mass is 836 g/mol. The summed E-state index contributed by atoms with van der Waals surface area (Å²) in [6, 6.07) is 38.7. The molecular weight excluding hydrogens is 800 g/mol. The molecule has 7 rings (SSSR count).